The molecule has 1 aromatic heterocycles. The van der Waals surface area contributed by atoms with Gasteiger partial charge in [0.15, 0.2) is 0 Å². The van der Waals surface area contributed by atoms with Gasteiger partial charge in [0.1, 0.15) is 28.9 Å². The molecule has 0 spiro atoms. The van der Waals surface area contributed by atoms with Gasteiger partial charge in [-0.3, -0.25) is 0 Å². The molecule has 0 N–H and O–H groups in total. The average Bonchev–Trinajstić information content (AvgIpc) is 3.00. The summed E-state index contributed by atoms with van der Waals surface area (Å²) in [6.07, 6.45) is 0. The van der Waals surface area contributed by atoms with Crippen molar-refractivity contribution in [3.05, 3.63) is 69.9 Å². The van der Waals surface area contributed by atoms with E-state index in [2.05, 4.69) is 0 Å². The van der Waals surface area contributed by atoms with E-state index in [9.17, 15) is 22.8 Å². The highest BCUT2D eigenvalue weighted by molar-refractivity contribution is 7.21. The number of halogens is 3. The Labute approximate surface area is 156 Å². The molecule has 2 aromatic carbocycles. The Morgan fingerprint density at radius 2 is 1.78 bits per heavy atom. The third-order valence-electron chi connectivity index (χ3n) is 3.72. The Hall–Kier alpha value is -2.87. The molecule has 0 atom stereocenters. The highest BCUT2D eigenvalue weighted by Crippen LogP contribution is 2.34. The van der Waals surface area contributed by atoms with Crippen molar-refractivity contribution in [2.75, 3.05) is 6.61 Å². The fraction of sp³-hybridized carbons (Fsp3) is 0.158. The number of ether oxygens (including phenoxy) is 2. The Balaban J connectivity index is 1.94. The standard InChI is InChI=1S/C19H13F3O4S/c1-2-25-19(24)17-12(16-13(21)4-3-5-15(16)27-17)9-26-18(23)11-7-6-10(20)8-14(11)22/h3-8H,2,9H2,1H3. The molecule has 0 amide bonds. The van der Waals surface area contributed by atoms with E-state index in [0.717, 1.165) is 23.5 Å². The van der Waals surface area contributed by atoms with Crippen LogP contribution in [0.2, 0.25) is 0 Å². The van der Waals surface area contributed by atoms with Crippen molar-refractivity contribution >= 4 is 33.4 Å². The van der Waals surface area contributed by atoms with E-state index in [1.54, 1.807) is 13.0 Å². The molecule has 8 heteroatoms. The van der Waals surface area contributed by atoms with Gasteiger partial charge in [-0.25, -0.2) is 22.8 Å². The van der Waals surface area contributed by atoms with E-state index in [4.69, 9.17) is 9.47 Å². The van der Waals surface area contributed by atoms with Crippen molar-refractivity contribution in [2.45, 2.75) is 13.5 Å². The molecule has 0 saturated heterocycles. The highest BCUT2D eigenvalue weighted by Gasteiger charge is 2.23. The third kappa shape index (κ3) is 3.80. The summed E-state index contributed by atoms with van der Waals surface area (Å²) < 4.78 is 51.5. The summed E-state index contributed by atoms with van der Waals surface area (Å²) in [6, 6.07) is 6.76. The summed E-state index contributed by atoms with van der Waals surface area (Å²) in [6.45, 7) is 1.28. The first kappa shape index (κ1) is 18.9. The van der Waals surface area contributed by atoms with Crippen LogP contribution in [0.15, 0.2) is 36.4 Å². The first-order valence-electron chi connectivity index (χ1n) is 7.91. The second kappa shape index (κ2) is 7.79. The third-order valence-corrected chi connectivity index (χ3v) is 4.90. The Morgan fingerprint density at radius 1 is 1.00 bits per heavy atom. The van der Waals surface area contributed by atoms with Gasteiger partial charge in [-0.05, 0) is 31.2 Å². The highest BCUT2D eigenvalue weighted by atomic mass is 32.1. The fourth-order valence-electron chi connectivity index (χ4n) is 2.54. The van der Waals surface area contributed by atoms with E-state index < -0.39 is 41.6 Å². The predicted octanol–water partition coefficient (Wildman–Crippen LogP) is 4.85. The molecule has 0 bridgehead atoms. The molecule has 4 nitrogen and oxygen atoms in total. The van der Waals surface area contributed by atoms with Crippen molar-refractivity contribution in [3.8, 4) is 0 Å². The number of benzene rings is 2. The van der Waals surface area contributed by atoms with Crippen LogP contribution in [0, 0.1) is 17.5 Å². The summed E-state index contributed by atoms with van der Waals surface area (Å²) in [4.78, 5) is 24.4. The maximum absolute atomic E-state index is 14.3. The summed E-state index contributed by atoms with van der Waals surface area (Å²) >= 11 is 1.01. The Bertz CT molecular complexity index is 1030. The van der Waals surface area contributed by atoms with Gasteiger partial charge < -0.3 is 9.47 Å². The van der Waals surface area contributed by atoms with Crippen LogP contribution < -0.4 is 0 Å². The van der Waals surface area contributed by atoms with Crippen LogP contribution in [0.3, 0.4) is 0 Å². The number of esters is 2. The van der Waals surface area contributed by atoms with E-state index in [1.165, 1.54) is 12.1 Å². The molecule has 0 aliphatic carbocycles. The number of hydrogen-bond acceptors (Lipinski definition) is 5. The van der Waals surface area contributed by atoms with Crippen molar-refractivity contribution in [1.82, 2.24) is 0 Å². The van der Waals surface area contributed by atoms with Crippen molar-refractivity contribution < 1.29 is 32.2 Å². The molecule has 27 heavy (non-hydrogen) atoms. The zero-order valence-electron chi connectivity index (χ0n) is 14.1. The molecule has 3 rings (SSSR count). The first-order chi connectivity index (χ1) is 12.9. The zero-order valence-corrected chi connectivity index (χ0v) is 14.9. The smallest absolute Gasteiger partial charge is 0.348 e. The molecule has 0 fully saturated rings. The van der Waals surface area contributed by atoms with E-state index in [-0.39, 0.29) is 22.4 Å². The van der Waals surface area contributed by atoms with Gasteiger partial charge in [0.25, 0.3) is 0 Å². The Kier molecular flexibility index (Phi) is 5.46. The SMILES string of the molecule is CCOC(=O)c1sc2cccc(F)c2c1COC(=O)c1ccc(F)cc1F. The molecule has 0 aliphatic heterocycles. The average molecular weight is 394 g/mol. The van der Waals surface area contributed by atoms with Crippen molar-refractivity contribution in [3.63, 3.8) is 0 Å². The first-order valence-corrected chi connectivity index (χ1v) is 8.73. The number of rotatable bonds is 5. The van der Waals surface area contributed by atoms with Crippen LogP contribution in [0.5, 0.6) is 0 Å². The molecule has 3 aromatic rings. The van der Waals surface area contributed by atoms with Gasteiger partial charge in [0.2, 0.25) is 0 Å². The largest absolute Gasteiger partial charge is 0.462 e. The maximum Gasteiger partial charge on any atom is 0.348 e. The van der Waals surface area contributed by atoms with Crippen molar-refractivity contribution in [1.29, 1.82) is 0 Å². The molecule has 0 aliphatic rings. The molecule has 1 heterocycles. The summed E-state index contributed by atoms with van der Waals surface area (Å²) in [5.74, 6) is -4.22. The number of hydrogen-bond donors (Lipinski definition) is 0. The molecule has 0 radical (unpaired) electrons. The van der Waals surface area contributed by atoms with Crippen LogP contribution in [-0.2, 0) is 16.1 Å². The molecule has 0 saturated carbocycles. The number of carbonyl (C=O) groups excluding carboxylic acids is 2. The van der Waals surface area contributed by atoms with Gasteiger partial charge in [-0.15, -0.1) is 11.3 Å². The van der Waals surface area contributed by atoms with Crippen LogP contribution >= 0.6 is 11.3 Å². The molecule has 140 valence electrons. The molecular weight excluding hydrogens is 381 g/mol. The maximum atomic E-state index is 14.3. The zero-order chi connectivity index (χ0) is 19.6. The molecular formula is C19H13F3O4S. The fourth-order valence-corrected chi connectivity index (χ4v) is 3.65. The van der Waals surface area contributed by atoms with Crippen LogP contribution in [0.1, 0.15) is 32.5 Å². The van der Waals surface area contributed by atoms with Crippen LogP contribution in [0.25, 0.3) is 10.1 Å². The van der Waals surface area contributed by atoms with E-state index in [0.29, 0.717) is 10.8 Å². The number of fused-ring (bicyclic) bond motifs is 1. The lowest BCUT2D eigenvalue weighted by molar-refractivity contribution is 0.0450. The van der Waals surface area contributed by atoms with Gasteiger partial charge in [0.05, 0.1) is 12.2 Å². The lowest BCUT2D eigenvalue weighted by atomic mass is 10.1. The van der Waals surface area contributed by atoms with Crippen LogP contribution in [-0.4, -0.2) is 18.5 Å². The van der Waals surface area contributed by atoms with Crippen molar-refractivity contribution in [2.24, 2.45) is 0 Å². The van der Waals surface area contributed by atoms with Gasteiger partial charge in [0, 0.05) is 21.7 Å². The number of carbonyl (C=O) groups is 2. The normalized spacial score (nSPS) is 10.8. The predicted molar refractivity (Wildman–Crippen MR) is 93.2 cm³/mol. The second-order valence-electron chi connectivity index (χ2n) is 5.44. The van der Waals surface area contributed by atoms with Crippen LogP contribution in [0.4, 0.5) is 13.2 Å². The topological polar surface area (TPSA) is 52.6 Å². The minimum absolute atomic E-state index is 0.101. The molecule has 0 unspecified atom stereocenters. The minimum atomic E-state index is -1.08. The van der Waals surface area contributed by atoms with E-state index in [1.807, 2.05) is 0 Å². The number of thiophene rings is 1. The quantitative estimate of drug-likeness (QED) is 0.581. The van der Waals surface area contributed by atoms with Gasteiger partial charge >= 0.3 is 11.9 Å². The second-order valence-corrected chi connectivity index (χ2v) is 6.50. The minimum Gasteiger partial charge on any atom is -0.462 e. The lowest BCUT2D eigenvalue weighted by Crippen LogP contribution is -2.11. The monoisotopic (exact) mass is 394 g/mol. The summed E-state index contributed by atoms with van der Waals surface area (Å²) in [7, 11) is 0. The van der Waals surface area contributed by atoms with Gasteiger partial charge in [-0.2, -0.15) is 0 Å². The lowest BCUT2D eigenvalue weighted by Gasteiger charge is -2.08. The van der Waals surface area contributed by atoms with E-state index >= 15 is 0 Å². The van der Waals surface area contributed by atoms with Gasteiger partial charge in [-0.1, -0.05) is 6.07 Å². The summed E-state index contributed by atoms with van der Waals surface area (Å²) in [5.41, 5.74) is -0.323. The summed E-state index contributed by atoms with van der Waals surface area (Å²) in [5, 5.41) is 0.137. The Morgan fingerprint density at radius 3 is 2.48 bits per heavy atom.